The highest BCUT2D eigenvalue weighted by atomic mass is 35.5. The zero-order chi connectivity index (χ0) is 16.1. The predicted octanol–water partition coefficient (Wildman–Crippen LogP) is 3.95. The first-order valence-electron chi connectivity index (χ1n) is 6.72. The van der Waals surface area contributed by atoms with E-state index in [0.29, 0.717) is 10.0 Å². The van der Waals surface area contributed by atoms with E-state index in [1.807, 2.05) is 25.1 Å². The maximum Gasteiger partial charge on any atom is 0.327 e. The lowest BCUT2D eigenvalue weighted by atomic mass is 10.0. The molecule has 0 bridgehead atoms. The first-order valence-corrected chi connectivity index (χ1v) is 7.48. The molecule has 22 heavy (non-hydrogen) atoms. The summed E-state index contributed by atoms with van der Waals surface area (Å²) < 4.78 is 4.87. The number of halogens is 2. The van der Waals surface area contributed by atoms with Gasteiger partial charge in [-0.1, -0.05) is 41.4 Å². The lowest BCUT2D eigenvalue weighted by molar-refractivity contribution is -0.143. The van der Waals surface area contributed by atoms with Gasteiger partial charge < -0.3 is 4.74 Å². The second kappa shape index (κ2) is 7.58. The standard InChI is InChI=1S/C16H16Cl2N2O2/c1-10(12-6-3-7-13(17)14(12)18)20-15(16(21)22-2)11-5-4-8-19-9-11/h3-10,15,20H,1-2H3/t10-,15+/m0/s1. The predicted molar refractivity (Wildman–Crippen MR) is 87.0 cm³/mol. The topological polar surface area (TPSA) is 51.2 Å². The van der Waals surface area contributed by atoms with E-state index in [9.17, 15) is 4.79 Å². The fourth-order valence-electron chi connectivity index (χ4n) is 2.16. The Morgan fingerprint density at radius 2 is 2.05 bits per heavy atom. The van der Waals surface area contributed by atoms with Crippen LogP contribution < -0.4 is 5.32 Å². The second-order valence-electron chi connectivity index (χ2n) is 4.77. The summed E-state index contributed by atoms with van der Waals surface area (Å²) in [6.45, 7) is 1.91. The minimum Gasteiger partial charge on any atom is -0.468 e. The Balaban J connectivity index is 2.27. The lowest BCUT2D eigenvalue weighted by Crippen LogP contribution is -2.32. The number of carbonyl (C=O) groups excluding carboxylic acids is 1. The summed E-state index contributed by atoms with van der Waals surface area (Å²) in [5, 5.41) is 4.16. The van der Waals surface area contributed by atoms with Crippen molar-refractivity contribution in [2.24, 2.45) is 0 Å². The fourth-order valence-corrected chi connectivity index (χ4v) is 2.63. The summed E-state index contributed by atoms with van der Waals surface area (Å²) in [7, 11) is 1.35. The van der Waals surface area contributed by atoms with E-state index < -0.39 is 12.0 Å². The summed E-state index contributed by atoms with van der Waals surface area (Å²) in [5.74, 6) is -0.391. The smallest absolute Gasteiger partial charge is 0.327 e. The molecule has 0 aliphatic rings. The zero-order valence-electron chi connectivity index (χ0n) is 12.2. The third-order valence-electron chi connectivity index (χ3n) is 3.32. The zero-order valence-corrected chi connectivity index (χ0v) is 13.7. The highest BCUT2D eigenvalue weighted by molar-refractivity contribution is 6.42. The van der Waals surface area contributed by atoms with Crippen LogP contribution in [0.25, 0.3) is 0 Å². The Bertz CT molecular complexity index is 650. The van der Waals surface area contributed by atoms with Gasteiger partial charge in [-0.15, -0.1) is 0 Å². The Morgan fingerprint density at radius 3 is 2.68 bits per heavy atom. The van der Waals surface area contributed by atoms with Crippen LogP contribution in [-0.4, -0.2) is 18.1 Å². The molecule has 1 N–H and O–H groups in total. The maximum absolute atomic E-state index is 12.1. The molecule has 4 nitrogen and oxygen atoms in total. The molecule has 1 heterocycles. The molecular weight excluding hydrogens is 323 g/mol. The van der Waals surface area contributed by atoms with Crippen molar-refractivity contribution in [3.05, 3.63) is 63.9 Å². The number of rotatable bonds is 5. The Morgan fingerprint density at radius 1 is 1.27 bits per heavy atom. The number of carbonyl (C=O) groups is 1. The molecule has 0 spiro atoms. The highest BCUT2D eigenvalue weighted by Gasteiger charge is 2.24. The van der Waals surface area contributed by atoms with Gasteiger partial charge in [0, 0.05) is 18.4 Å². The Kier molecular flexibility index (Phi) is 5.77. The second-order valence-corrected chi connectivity index (χ2v) is 5.56. The summed E-state index contributed by atoms with van der Waals surface area (Å²) in [5.41, 5.74) is 1.53. The first-order chi connectivity index (χ1) is 10.5. The largest absolute Gasteiger partial charge is 0.468 e. The van der Waals surface area contributed by atoms with Crippen LogP contribution in [0.4, 0.5) is 0 Å². The molecule has 0 saturated carbocycles. The molecule has 2 atom stereocenters. The number of ether oxygens (including phenoxy) is 1. The molecule has 0 amide bonds. The number of methoxy groups -OCH3 is 1. The number of aromatic nitrogens is 1. The number of hydrogen-bond acceptors (Lipinski definition) is 4. The molecule has 0 aliphatic carbocycles. The average Bonchev–Trinajstić information content (AvgIpc) is 2.55. The van der Waals surface area contributed by atoms with Crippen LogP contribution in [0.1, 0.15) is 30.1 Å². The first kappa shape index (κ1) is 16.7. The number of pyridine rings is 1. The molecule has 0 aliphatic heterocycles. The molecule has 0 unspecified atom stereocenters. The van der Waals surface area contributed by atoms with Crippen LogP contribution in [0, 0.1) is 0 Å². The molecule has 2 rings (SSSR count). The van der Waals surface area contributed by atoms with E-state index in [4.69, 9.17) is 27.9 Å². The highest BCUT2D eigenvalue weighted by Crippen LogP contribution is 2.31. The molecule has 116 valence electrons. The Labute approximate surface area is 139 Å². The molecule has 1 aromatic carbocycles. The summed E-state index contributed by atoms with van der Waals surface area (Å²) in [6.07, 6.45) is 3.27. The van der Waals surface area contributed by atoms with Crippen LogP contribution in [0.2, 0.25) is 10.0 Å². The van der Waals surface area contributed by atoms with E-state index in [0.717, 1.165) is 11.1 Å². The molecule has 0 saturated heterocycles. The quantitative estimate of drug-likeness (QED) is 0.838. The number of nitrogens with one attached hydrogen (secondary N) is 1. The average molecular weight is 339 g/mol. The van der Waals surface area contributed by atoms with Gasteiger partial charge in [-0.25, -0.2) is 4.79 Å². The SMILES string of the molecule is COC(=O)[C@H](N[C@@H](C)c1cccc(Cl)c1Cl)c1cccnc1. The van der Waals surface area contributed by atoms with E-state index in [2.05, 4.69) is 10.3 Å². The van der Waals surface area contributed by atoms with Gasteiger partial charge in [0.2, 0.25) is 0 Å². The van der Waals surface area contributed by atoms with Gasteiger partial charge in [0.1, 0.15) is 6.04 Å². The van der Waals surface area contributed by atoms with E-state index in [-0.39, 0.29) is 6.04 Å². The van der Waals surface area contributed by atoms with Gasteiger partial charge in [-0.2, -0.15) is 0 Å². The lowest BCUT2D eigenvalue weighted by Gasteiger charge is -2.22. The van der Waals surface area contributed by atoms with Crippen LogP contribution >= 0.6 is 23.2 Å². The van der Waals surface area contributed by atoms with Gasteiger partial charge in [-0.3, -0.25) is 10.3 Å². The maximum atomic E-state index is 12.1. The molecule has 2 aromatic rings. The van der Waals surface area contributed by atoms with Crippen LogP contribution in [0.3, 0.4) is 0 Å². The van der Waals surface area contributed by atoms with Gasteiger partial charge in [0.05, 0.1) is 17.2 Å². The van der Waals surface area contributed by atoms with Crippen molar-refractivity contribution in [3.63, 3.8) is 0 Å². The number of hydrogen-bond donors (Lipinski definition) is 1. The van der Waals surface area contributed by atoms with Crippen LogP contribution in [0.15, 0.2) is 42.7 Å². The summed E-state index contributed by atoms with van der Waals surface area (Å²) in [6, 6.07) is 8.15. The van der Waals surface area contributed by atoms with E-state index >= 15 is 0 Å². The van der Waals surface area contributed by atoms with Gasteiger partial charge in [-0.05, 0) is 30.2 Å². The molecule has 1 aromatic heterocycles. The number of esters is 1. The third-order valence-corrected chi connectivity index (χ3v) is 4.15. The van der Waals surface area contributed by atoms with Crippen molar-refractivity contribution in [2.45, 2.75) is 19.0 Å². The van der Waals surface area contributed by atoms with Crippen molar-refractivity contribution in [3.8, 4) is 0 Å². The van der Waals surface area contributed by atoms with Crippen molar-refractivity contribution in [1.29, 1.82) is 0 Å². The van der Waals surface area contributed by atoms with Crippen molar-refractivity contribution < 1.29 is 9.53 Å². The normalized spacial score (nSPS) is 13.5. The van der Waals surface area contributed by atoms with Gasteiger partial charge >= 0.3 is 5.97 Å². The monoisotopic (exact) mass is 338 g/mol. The third kappa shape index (κ3) is 3.77. The molecular formula is C16H16Cl2N2O2. The van der Waals surface area contributed by atoms with Crippen molar-refractivity contribution in [1.82, 2.24) is 10.3 Å². The summed E-state index contributed by atoms with van der Waals surface area (Å²) in [4.78, 5) is 16.1. The molecule has 0 fully saturated rings. The van der Waals surface area contributed by atoms with Crippen LogP contribution in [-0.2, 0) is 9.53 Å². The fraction of sp³-hybridized carbons (Fsp3) is 0.250. The van der Waals surface area contributed by atoms with E-state index in [1.54, 1.807) is 24.5 Å². The van der Waals surface area contributed by atoms with E-state index in [1.165, 1.54) is 7.11 Å². The van der Waals surface area contributed by atoms with Crippen molar-refractivity contribution in [2.75, 3.05) is 7.11 Å². The summed E-state index contributed by atoms with van der Waals surface area (Å²) >= 11 is 12.3. The van der Waals surface area contributed by atoms with Crippen LogP contribution in [0.5, 0.6) is 0 Å². The van der Waals surface area contributed by atoms with Gasteiger partial charge in [0.15, 0.2) is 0 Å². The number of nitrogens with zero attached hydrogens (tertiary/aromatic N) is 1. The minimum atomic E-state index is -0.635. The van der Waals surface area contributed by atoms with Gasteiger partial charge in [0.25, 0.3) is 0 Å². The minimum absolute atomic E-state index is 0.199. The Hall–Kier alpha value is -1.62. The molecule has 0 radical (unpaired) electrons. The van der Waals surface area contributed by atoms with Crippen molar-refractivity contribution >= 4 is 29.2 Å². The molecule has 6 heteroatoms. The number of benzene rings is 1.